The molecule has 0 radical (unpaired) electrons. The van der Waals surface area contributed by atoms with Crippen LogP contribution >= 0.6 is 0 Å². The number of carbonyl (C=O) groups excluding carboxylic acids is 1. The van der Waals surface area contributed by atoms with E-state index in [0.29, 0.717) is 18.4 Å². The molecule has 25 heavy (non-hydrogen) atoms. The first kappa shape index (κ1) is 17.8. The van der Waals surface area contributed by atoms with Gasteiger partial charge in [0.05, 0.1) is 0 Å². The first-order valence-corrected chi connectivity index (χ1v) is 9.28. The van der Waals surface area contributed by atoms with Crippen molar-refractivity contribution in [3.63, 3.8) is 0 Å². The van der Waals surface area contributed by atoms with Gasteiger partial charge in [-0.05, 0) is 65.6 Å². The van der Waals surface area contributed by atoms with Gasteiger partial charge < -0.3 is 10.2 Å². The molecule has 2 aromatic heterocycles. The summed E-state index contributed by atoms with van der Waals surface area (Å²) in [6.45, 7) is 9.14. The Morgan fingerprint density at radius 2 is 2.12 bits per heavy atom. The zero-order chi connectivity index (χ0) is 17.8. The number of likely N-dealkylation sites (tertiary alicyclic amines) is 1. The van der Waals surface area contributed by atoms with Gasteiger partial charge >= 0.3 is 0 Å². The van der Waals surface area contributed by atoms with Crippen LogP contribution in [-0.2, 0) is 0 Å². The van der Waals surface area contributed by atoms with Crippen molar-refractivity contribution < 1.29 is 4.79 Å². The fraction of sp³-hybridized carbons (Fsp3) is 0.667. The first-order valence-electron chi connectivity index (χ1n) is 9.28. The quantitative estimate of drug-likeness (QED) is 0.813. The molecule has 1 saturated heterocycles. The molecule has 0 spiro atoms. The van der Waals surface area contributed by atoms with E-state index in [1.807, 2.05) is 19.9 Å². The van der Waals surface area contributed by atoms with E-state index in [2.05, 4.69) is 32.2 Å². The fourth-order valence-electron chi connectivity index (χ4n) is 3.47. The van der Waals surface area contributed by atoms with E-state index in [-0.39, 0.29) is 11.7 Å². The molecule has 1 aliphatic rings. The van der Waals surface area contributed by atoms with Gasteiger partial charge in [0, 0.05) is 24.0 Å². The van der Waals surface area contributed by atoms with Crippen molar-refractivity contribution in [3.8, 4) is 0 Å². The van der Waals surface area contributed by atoms with Gasteiger partial charge in [0.1, 0.15) is 0 Å². The average molecular weight is 344 g/mol. The average Bonchev–Trinajstić information content (AvgIpc) is 3.00. The zero-order valence-electron chi connectivity index (χ0n) is 15.5. The van der Waals surface area contributed by atoms with Crippen LogP contribution in [0.25, 0.3) is 5.78 Å². The Balaban J connectivity index is 1.46. The van der Waals surface area contributed by atoms with Gasteiger partial charge in [-0.2, -0.15) is 4.98 Å². The maximum Gasteiger partial charge on any atom is 0.291 e. The Bertz CT molecular complexity index is 740. The lowest BCUT2D eigenvalue weighted by atomic mass is 10.0. The normalized spacial score (nSPS) is 18.6. The Kier molecular flexibility index (Phi) is 5.63. The molecular formula is C18H28N6O. The fourth-order valence-corrected chi connectivity index (χ4v) is 3.47. The molecule has 2 aromatic rings. The van der Waals surface area contributed by atoms with Gasteiger partial charge in [0.15, 0.2) is 0 Å². The number of amides is 1. The van der Waals surface area contributed by atoms with Gasteiger partial charge in [-0.15, -0.1) is 5.10 Å². The number of nitrogens with one attached hydrogen (secondary N) is 1. The highest BCUT2D eigenvalue weighted by molar-refractivity contribution is 5.90. The lowest BCUT2D eigenvalue weighted by Crippen LogP contribution is -2.38. The minimum absolute atomic E-state index is 0.186. The minimum atomic E-state index is -0.228. The molecule has 0 aromatic carbocycles. The second-order valence-electron chi connectivity index (χ2n) is 7.03. The van der Waals surface area contributed by atoms with E-state index in [1.165, 1.54) is 25.8 Å². The van der Waals surface area contributed by atoms with E-state index in [1.54, 1.807) is 4.52 Å². The van der Waals surface area contributed by atoms with Crippen LogP contribution in [0.4, 0.5) is 0 Å². The van der Waals surface area contributed by atoms with Gasteiger partial charge in [-0.1, -0.05) is 6.42 Å². The van der Waals surface area contributed by atoms with Crippen LogP contribution in [0.5, 0.6) is 0 Å². The molecule has 3 rings (SSSR count). The lowest BCUT2D eigenvalue weighted by Gasteiger charge is -2.33. The smallest absolute Gasteiger partial charge is 0.291 e. The van der Waals surface area contributed by atoms with Crippen LogP contribution in [0.15, 0.2) is 6.07 Å². The third kappa shape index (κ3) is 4.34. The standard InChI is InChI=1S/C18H28N6O/c1-13-12-15(3)24-18(20-13)21-16(22-24)17(25)19-9-5-7-11-23-10-6-4-8-14(23)2/h12,14H,4-11H2,1-3H3,(H,19,25)/t14-/m0/s1. The van der Waals surface area contributed by atoms with E-state index in [4.69, 9.17) is 0 Å². The summed E-state index contributed by atoms with van der Waals surface area (Å²) in [7, 11) is 0. The summed E-state index contributed by atoms with van der Waals surface area (Å²) in [6.07, 6.45) is 6.05. The van der Waals surface area contributed by atoms with E-state index in [9.17, 15) is 4.79 Å². The maximum atomic E-state index is 12.2. The molecule has 0 unspecified atom stereocenters. The molecule has 1 atom stereocenters. The molecule has 0 bridgehead atoms. The molecule has 1 amide bonds. The second-order valence-corrected chi connectivity index (χ2v) is 7.03. The number of piperidine rings is 1. The number of hydrogen-bond donors (Lipinski definition) is 1. The molecule has 1 fully saturated rings. The lowest BCUT2D eigenvalue weighted by molar-refractivity contribution is 0.0941. The minimum Gasteiger partial charge on any atom is -0.349 e. The van der Waals surface area contributed by atoms with Crippen molar-refractivity contribution in [1.82, 2.24) is 29.8 Å². The van der Waals surface area contributed by atoms with Crippen LogP contribution in [0.1, 0.15) is 61.0 Å². The van der Waals surface area contributed by atoms with Crippen molar-refractivity contribution in [2.75, 3.05) is 19.6 Å². The molecular weight excluding hydrogens is 316 g/mol. The van der Waals surface area contributed by atoms with Crippen molar-refractivity contribution >= 4 is 11.7 Å². The molecule has 7 nitrogen and oxygen atoms in total. The van der Waals surface area contributed by atoms with E-state index >= 15 is 0 Å². The van der Waals surface area contributed by atoms with Crippen molar-refractivity contribution in [2.45, 2.75) is 58.9 Å². The summed E-state index contributed by atoms with van der Waals surface area (Å²) in [4.78, 5) is 23.4. The van der Waals surface area contributed by atoms with Crippen LogP contribution in [0, 0.1) is 13.8 Å². The number of unbranched alkanes of at least 4 members (excludes halogenated alkanes) is 1. The third-order valence-corrected chi connectivity index (χ3v) is 4.92. The van der Waals surface area contributed by atoms with Crippen LogP contribution in [0.2, 0.25) is 0 Å². The Labute approximate surface area is 148 Å². The molecule has 136 valence electrons. The SMILES string of the molecule is Cc1cc(C)n2nc(C(=O)NCCCCN3CCCC[C@@H]3C)nc2n1. The Hall–Kier alpha value is -2.02. The van der Waals surface area contributed by atoms with Gasteiger partial charge in [-0.3, -0.25) is 4.79 Å². The Morgan fingerprint density at radius 1 is 1.28 bits per heavy atom. The molecule has 0 saturated carbocycles. The monoisotopic (exact) mass is 344 g/mol. The van der Waals surface area contributed by atoms with Crippen molar-refractivity contribution in [1.29, 1.82) is 0 Å². The highest BCUT2D eigenvalue weighted by atomic mass is 16.2. The van der Waals surface area contributed by atoms with Gasteiger partial charge in [-0.25, -0.2) is 9.50 Å². The number of aryl methyl sites for hydroxylation is 2. The zero-order valence-corrected chi connectivity index (χ0v) is 15.5. The topological polar surface area (TPSA) is 75.4 Å². The number of carbonyl (C=O) groups is 1. The number of rotatable bonds is 6. The summed E-state index contributed by atoms with van der Waals surface area (Å²) in [6, 6.07) is 2.62. The Morgan fingerprint density at radius 3 is 2.92 bits per heavy atom. The predicted octanol–water partition coefficient (Wildman–Crippen LogP) is 2.13. The molecule has 3 heterocycles. The third-order valence-electron chi connectivity index (χ3n) is 4.92. The number of hydrogen-bond acceptors (Lipinski definition) is 5. The number of fused-ring (bicyclic) bond motifs is 1. The van der Waals surface area contributed by atoms with E-state index < -0.39 is 0 Å². The van der Waals surface area contributed by atoms with Crippen molar-refractivity contribution in [2.24, 2.45) is 0 Å². The second kappa shape index (κ2) is 7.91. The van der Waals surface area contributed by atoms with Crippen LogP contribution in [0.3, 0.4) is 0 Å². The predicted molar refractivity (Wildman–Crippen MR) is 96.7 cm³/mol. The summed E-state index contributed by atoms with van der Waals surface area (Å²) >= 11 is 0. The van der Waals surface area contributed by atoms with Crippen molar-refractivity contribution in [3.05, 3.63) is 23.3 Å². The summed E-state index contributed by atoms with van der Waals surface area (Å²) in [5.74, 6) is 0.432. The molecule has 0 aliphatic carbocycles. The number of nitrogens with zero attached hydrogens (tertiary/aromatic N) is 5. The summed E-state index contributed by atoms with van der Waals surface area (Å²) in [5.41, 5.74) is 1.79. The highest BCUT2D eigenvalue weighted by Crippen LogP contribution is 2.16. The molecule has 1 N–H and O–H groups in total. The van der Waals surface area contributed by atoms with Crippen LogP contribution < -0.4 is 5.32 Å². The highest BCUT2D eigenvalue weighted by Gasteiger charge is 2.17. The largest absolute Gasteiger partial charge is 0.349 e. The molecule has 7 heteroatoms. The van der Waals surface area contributed by atoms with E-state index in [0.717, 1.165) is 30.8 Å². The van der Waals surface area contributed by atoms with Gasteiger partial charge in [0.2, 0.25) is 5.82 Å². The molecule has 1 aliphatic heterocycles. The van der Waals surface area contributed by atoms with Crippen LogP contribution in [-0.4, -0.2) is 56.1 Å². The summed E-state index contributed by atoms with van der Waals surface area (Å²) < 4.78 is 1.61. The van der Waals surface area contributed by atoms with Gasteiger partial charge in [0.25, 0.3) is 11.7 Å². The number of aromatic nitrogens is 4. The summed E-state index contributed by atoms with van der Waals surface area (Å²) in [5, 5.41) is 7.18. The first-order chi connectivity index (χ1) is 12.0. The maximum absolute atomic E-state index is 12.2.